The van der Waals surface area contributed by atoms with Gasteiger partial charge in [-0.2, -0.15) is 0 Å². The molecule has 134 valence electrons. The maximum Gasteiger partial charge on any atom is 0.257 e. The molecule has 2 heterocycles. The third-order valence-electron chi connectivity index (χ3n) is 3.80. The van der Waals surface area contributed by atoms with Crippen molar-refractivity contribution in [3.63, 3.8) is 0 Å². The highest BCUT2D eigenvalue weighted by atomic mass is 32.2. The molecule has 0 unspecified atom stereocenters. The smallest absolute Gasteiger partial charge is 0.257 e. The number of nitrogens with zero attached hydrogens (tertiary/aromatic N) is 1. The van der Waals surface area contributed by atoms with Crippen molar-refractivity contribution in [2.75, 3.05) is 24.8 Å². The van der Waals surface area contributed by atoms with Gasteiger partial charge in [0.25, 0.3) is 5.91 Å². The zero-order chi connectivity index (χ0) is 18.3. The van der Waals surface area contributed by atoms with Crippen molar-refractivity contribution in [3.05, 3.63) is 42.0 Å². The van der Waals surface area contributed by atoms with E-state index < -0.39 is 15.7 Å². The number of benzene rings is 2. The number of fused-ring (bicyclic) bond motifs is 2. The van der Waals surface area contributed by atoms with Gasteiger partial charge in [0, 0.05) is 24.0 Å². The van der Waals surface area contributed by atoms with E-state index in [0.29, 0.717) is 35.4 Å². The first kappa shape index (κ1) is 16.8. The van der Waals surface area contributed by atoms with Crippen LogP contribution >= 0.6 is 11.3 Å². The van der Waals surface area contributed by atoms with Gasteiger partial charge in [0.15, 0.2) is 26.5 Å². The average Bonchev–Trinajstić information content (AvgIpc) is 3.00. The van der Waals surface area contributed by atoms with Gasteiger partial charge in [0.2, 0.25) is 0 Å². The van der Waals surface area contributed by atoms with E-state index in [1.54, 1.807) is 12.1 Å². The van der Waals surface area contributed by atoms with Crippen LogP contribution in [0.15, 0.2) is 41.3 Å². The minimum Gasteiger partial charge on any atom is -0.486 e. The van der Waals surface area contributed by atoms with Crippen LogP contribution in [0.25, 0.3) is 10.2 Å². The van der Waals surface area contributed by atoms with Crippen LogP contribution in [0, 0.1) is 0 Å². The van der Waals surface area contributed by atoms with Gasteiger partial charge in [0.1, 0.15) is 13.2 Å². The average molecular weight is 390 g/mol. The van der Waals surface area contributed by atoms with Crippen molar-refractivity contribution in [3.8, 4) is 11.5 Å². The Balaban J connectivity index is 1.62. The second-order valence-electron chi connectivity index (χ2n) is 5.74. The summed E-state index contributed by atoms with van der Waals surface area (Å²) < 4.78 is 35.2. The fourth-order valence-corrected chi connectivity index (χ4v) is 4.09. The van der Waals surface area contributed by atoms with Crippen LogP contribution in [0.1, 0.15) is 10.4 Å². The molecule has 0 saturated heterocycles. The normalized spacial score (nSPS) is 13.6. The van der Waals surface area contributed by atoms with E-state index in [2.05, 4.69) is 10.3 Å². The van der Waals surface area contributed by atoms with E-state index in [1.165, 1.54) is 29.5 Å². The third kappa shape index (κ3) is 3.23. The fourth-order valence-electron chi connectivity index (χ4n) is 2.56. The lowest BCUT2D eigenvalue weighted by Gasteiger charge is -2.17. The van der Waals surface area contributed by atoms with Crippen molar-refractivity contribution >= 4 is 42.4 Å². The quantitative estimate of drug-likeness (QED) is 0.739. The van der Waals surface area contributed by atoms with Gasteiger partial charge in [-0.05, 0) is 18.2 Å². The standard InChI is InChI=1S/C17H14N2O5S2/c1-26(21,22)11-4-2-3-10(7-11)16(20)19-17-18-12-8-13-14(9-15(12)25-17)24-6-5-23-13/h2-4,7-9H,5-6H2,1H3,(H,18,19,20). The van der Waals surface area contributed by atoms with Gasteiger partial charge >= 0.3 is 0 Å². The summed E-state index contributed by atoms with van der Waals surface area (Å²) in [6.45, 7) is 0.987. The molecular weight excluding hydrogens is 376 g/mol. The molecule has 0 bridgehead atoms. The molecular formula is C17H14N2O5S2. The molecule has 1 aromatic heterocycles. The Morgan fingerprint density at radius 1 is 1.15 bits per heavy atom. The van der Waals surface area contributed by atoms with E-state index in [1.807, 2.05) is 6.07 Å². The predicted octanol–water partition coefficient (Wildman–Crippen LogP) is 2.72. The number of ether oxygens (including phenoxy) is 2. The lowest BCUT2D eigenvalue weighted by atomic mass is 10.2. The van der Waals surface area contributed by atoms with Gasteiger partial charge < -0.3 is 9.47 Å². The summed E-state index contributed by atoms with van der Waals surface area (Å²) >= 11 is 1.31. The molecule has 3 aromatic rings. The molecule has 1 aliphatic rings. The second-order valence-corrected chi connectivity index (χ2v) is 8.78. The first-order valence-electron chi connectivity index (χ1n) is 7.72. The molecule has 0 fully saturated rings. The monoisotopic (exact) mass is 390 g/mol. The molecule has 0 saturated carbocycles. The Morgan fingerprint density at radius 3 is 2.62 bits per heavy atom. The molecule has 9 heteroatoms. The van der Waals surface area contributed by atoms with Crippen LogP contribution in [0.3, 0.4) is 0 Å². The minimum absolute atomic E-state index is 0.0939. The Kier molecular flexibility index (Phi) is 4.04. The number of hydrogen-bond acceptors (Lipinski definition) is 7. The highest BCUT2D eigenvalue weighted by Gasteiger charge is 2.17. The molecule has 1 amide bonds. The van der Waals surface area contributed by atoms with E-state index in [4.69, 9.17) is 9.47 Å². The van der Waals surface area contributed by atoms with Crippen molar-refractivity contribution in [1.82, 2.24) is 4.98 Å². The summed E-state index contributed by atoms with van der Waals surface area (Å²) in [5, 5.41) is 3.12. The van der Waals surface area contributed by atoms with Crippen LogP contribution in [0.4, 0.5) is 5.13 Å². The second kappa shape index (κ2) is 6.26. The van der Waals surface area contributed by atoms with E-state index in [0.717, 1.165) is 11.0 Å². The molecule has 1 aliphatic heterocycles. The summed E-state index contributed by atoms with van der Waals surface area (Å²) in [4.78, 5) is 16.9. The molecule has 1 N–H and O–H groups in total. The Morgan fingerprint density at radius 2 is 1.88 bits per heavy atom. The van der Waals surface area contributed by atoms with E-state index in [9.17, 15) is 13.2 Å². The maximum atomic E-state index is 12.4. The van der Waals surface area contributed by atoms with Crippen LogP contribution in [-0.4, -0.2) is 38.8 Å². The molecule has 26 heavy (non-hydrogen) atoms. The molecule has 4 rings (SSSR count). The highest BCUT2D eigenvalue weighted by molar-refractivity contribution is 7.90. The Labute approximate surface area is 153 Å². The van der Waals surface area contributed by atoms with Gasteiger partial charge in [-0.15, -0.1) is 0 Å². The first-order valence-corrected chi connectivity index (χ1v) is 10.4. The Hall–Kier alpha value is -2.65. The van der Waals surface area contributed by atoms with Gasteiger partial charge in [-0.3, -0.25) is 10.1 Å². The number of hydrogen-bond donors (Lipinski definition) is 1. The number of thiazole rings is 1. The summed E-state index contributed by atoms with van der Waals surface area (Å²) in [5.41, 5.74) is 0.942. The van der Waals surface area contributed by atoms with Gasteiger partial charge in [0.05, 0.1) is 15.1 Å². The number of anilines is 1. The zero-order valence-electron chi connectivity index (χ0n) is 13.7. The number of carbonyl (C=O) groups excluding carboxylic acids is 1. The number of nitrogens with one attached hydrogen (secondary N) is 1. The number of carbonyl (C=O) groups is 1. The SMILES string of the molecule is CS(=O)(=O)c1cccc(C(=O)Nc2nc3cc4c(cc3s2)OCCO4)c1. The Bertz CT molecular complexity index is 1080. The number of sulfone groups is 1. The molecule has 0 aliphatic carbocycles. The topological polar surface area (TPSA) is 94.6 Å². The largest absolute Gasteiger partial charge is 0.486 e. The third-order valence-corrected chi connectivity index (χ3v) is 5.84. The van der Waals surface area contributed by atoms with Crippen LogP contribution in [-0.2, 0) is 9.84 Å². The van der Waals surface area contributed by atoms with Crippen molar-refractivity contribution < 1.29 is 22.7 Å². The summed E-state index contributed by atoms with van der Waals surface area (Å²) in [7, 11) is -3.38. The van der Waals surface area contributed by atoms with Crippen molar-refractivity contribution in [2.45, 2.75) is 4.90 Å². The number of rotatable bonds is 3. The molecule has 0 radical (unpaired) electrons. The first-order chi connectivity index (χ1) is 12.4. The van der Waals surface area contributed by atoms with E-state index >= 15 is 0 Å². The van der Waals surface area contributed by atoms with E-state index in [-0.39, 0.29) is 10.5 Å². The minimum atomic E-state index is -3.38. The van der Waals surface area contributed by atoms with Gasteiger partial charge in [-0.25, -0.2) is 13.4 Å². The molecule has 7 nitrogen and oxygen atoms in total. The van der Waals surface area contributed by atoms with Gasteiger partial charge in [-0.1, -0.05) is 17.4 Å². The van der Waals surface area contributed by atoms with Crippen LogP contribution in [0.5, 0.6) is 11.5 Å². The summed E-state index contributed by atoms with van der Waals surface area (Å²) in [6, 6.07) is 9.50. The summed E-state index contributed by atoms with van der Waals surface area (Å²) in [6.07, 6.45) is 1.10. The molecule has 0 atom stereocenters. The molecule has 2 aromatic carbocycles. The lowest BCUT2D eigenvalue weighted by Crippen LogP contribution is -2.15. The van der Waals surface area contributed by atoms with Crippen molar-refractivity contribution in [1.29, 1.82) is 0 Å². The fraction of sp³-hybridized carbons (Fsp3) is 0.176. The lowest BCUT2D eigenvalue weighted by molar-refractivity contribution is 0.102. The summed E-state index contributed by atoms with van der Waals surface area (Å²) in [5.74, 6) is 0.866. The highest BCUT2D eigenvalue weighted by Crippen LogP contribution is 2.37. The van der Waals surface area contributed by atoms with Crippen LogP contribution in [0.2, 0.25) is 0 Å². The zero-order valence-corrected chi connectivity index (χ0v) is 15.3. The van der Waals surface area contributed by atoms with Crippen molar-refractivity contribution in [2.24, 2.45) is 0 Å². The predicted molar refractivity (Wildman–Crippen MR) is 98.1 cm³/mol. The van der Waals surface area contributed by atoms with Crippen LogP contribution < -0.4 is 14.8 Å². The molecule has 0 spiro atoms. The maximum absolute atomic E-state index is 12.4. The number of amides is 1. The number of aromatic nitrogens is 1.